The molecule has 0 aromatic heterocycles. The molecule has 7 heteroatoms. The number of halogens is 1. The SMILES string of the molecule is CCc1cc([N+](=O)[O-])c(C)c(S(=O)(=O)Cl)c1. The number of hydrogen-bond donors (Lipinski definition) is 0. The number of nitrogens with zero attached hydrogens (tertiary/aromatic N) is 1. The van der Waals surface area contributed by atoms with Crippen molar-refractivity contribution in [3.05, 3.63) is 33.4 Å². The lowest BCUT2D eigenvalue weighted by molar-refractivity contribution is -0.385. The molecule has 0 saturated carbocycles. The third-order valence-electron chi connectivity index (χ3n) is 2.26. The Morgan fingerprint density at radius 1 is 1.44 bits per heavy atom. The molecule has 1 aromatic rings. The minimum Gasteiger partial charge on any atom is -0.258 e. The Kier molecular flexibility index (Phi) is 3.54. The molecule has 0 heterocycles. The minimum atomic E-state index is -3.95. The van der Waals surface area contributed by atoms with Crippen molar-refractivity contribution in [1.82, 2.24) is 0 Å². The molecule has 88 valence electrons. The average molecular weight is 264 g/mol. The highest BCUT2D eigenvalue weighted by atomic mass is 35.7. The van der Waals surface area contributed by atoms with Crippen LogP contribution in [0.4, 0.5) is 5.69 Å². The van der Waals surface area contributed by atoms with Gasteiger partial charge in [-0.3, -0.25) is 10.1 Å². The molecule has 1 rings (SSSR count). The van der Waals surface area contributed by atoms with Crippen LogP contribution in [0.25, 0.3) is 0 Å². The van der Waals surface area contributed by atoms with E-state index >= 15 is 0 Å². The fraction of sp³-hybridized carbons (Fsp3) is 0.333. The van der Waals surface area contributed by atoms with Gasteiger partial charge < -0.3 is 0 Å². The maximum absolute atomic E-state index is 11.2. The van der Waals surface area contributed by atoms with Crippen LogP contribution in [0.2, 0.25) is 0 Å². The van der Waals surface area contributed by atoms with Gasteiger partial charge in [0.15, 0.2) is 0 Å². The summed E-state index contributed by atoms with van der Waals surface area (Å²) in [5.74, 6) is 0. The van der Waals surface area contributed by atoms with Crippen LogP contribution in [0, 0.1) is 17.0 Å². The number of aryl methyl sites for hydroxylation is 1. The van der Waals surface area contributed by atoms with Crippen molar-refractivity contribution in [2.75, 3.05) is 0 Å². The fourth-order valence-corrected chi connectivity index (χ4v) is 2.62. The molecule has 0 N–H and O–H groups in total. The van der Waals surface area contributed by atoms with E-state index in [9.17, 15) is 18.5 Å². The van der Waals surface area contributed by atoms with Crippen LogP contribution in [0.3, 0.4) is 0 Å². The van der Waals surface area contributed by atoms with Crippen LogP contribution in [-0.2, 0) is 15.5 Å². The second kappa shape index (κ2) is 4.39. The molecule has 0 fully saturated rings. The van der Waals surface area contributed by atoms with Gasteiger partial charge in [0.25, 0.3) is 14.7 Å². The third-order valence-corrected chi connectivity index (χ3v) is 3.71. The van der Waals surface area contributed by atoms with Crippen LogP contribution in [-0.4, -0.2) is 13.3 Å². The molecule has 0 spiro atoms. The lowest BCUT2D eigenvalue weighted by Crippen LogP contribution is -2.01. The summed E-state index contributed by atoms with van der Waals surface area (Å²) in [6, 6.07) is 2.73. The van der Waals surface area contributed by atoms with Gasteiger partial charge in [-0.2, -0.15) is 0 Å². The molecular weight excluding hydrogens is 254 g/mol. The van der Waals surface area contributed by atoms with Crippen LogP contribution >= 0.6 is 10.7 Å². The van der Waals surface area contributed by atoms with Gasteiger partial charge in [0.2, 0.25) is 0 Å². The smallest absolute Gasteiger partial charge is 0.258 e. The lowest BCUT2D eigenvalue weighted by Gasteiger charge is -2.05. The molecule has 0 aliphatic carbocycles. The van der Waals surface area contributed by atoms with Gasteiger partial charge in [0.05, 0.1) is 9.82 Å². The number of rotatable bonds is 3. The first-order chi connectivity index (χ1) is 7.27. The Morgan fingerprint density at radius 3 is 2.38 bits per heavy atom. The number of nitro benzene ring substituents is 1. The Morgan fingerprint density at radius 2 is 2.00 bits per heavy atom. The third kappa shape index (κ3) is 2.51. The lowest BCUT2D eigenvalue weighted by atomic mass is 10.1. The van der Waals surface area contributed by atoms with E-state index < -0.39 is 14.0 Å². The van der Waals surface area contributed by atoms with Crippen molar-refractivity contribution in [1.29, 1.82) is 0 Å². The van der Waals surface area contributed by atoms with Crippen LogP contribution in [0.1, 0.15) is 18.1 Å². The monoisotopic (exact) mass is 263 g/mol. The van der Waals surface area contributed by atoms with Gasteiger partial charge in [-0.25, -0.2) is 8.42 Å². The van der Waals surface area contributed by atoms with E-state index in [1.165, 1.54) is 19.1 Å². The average Bonchev–Trinajstić information content (AvgIpc) is 2.15. The fourth-order valence-electron chi connectivity index (χ4n) is 1.38. The van der Waals surface area contributed by atoms with E-state index in [1.54, 1.807) is 6.92 Å². The van der Waals surface area contributed by atoms with Gasteiger partial charge >= 0.3 is 0 Å². The standard InChI is InChI=1S/C9H10ClNO4S/c1-3-7-4-8(11(12)13)6(2)9(5-7)16(10,14)15/h4-5H,3H2,1-2H3. The Labute approximate surface area is 97.6 Å². The van der Waals surface area contributed by atoms with Crippen LogP contribution < -0.4 is 0 Å². The molecule has 1 aromatic carbocycles. The molecule has 0 aliphatic heterocycles. The van der Waals surface area contributed by atoms with Crippen molar-refractivity contribution in [3.63, 3.8) is 0 Å². The second-order valence-electron chi connectivity index (χ2n) is 3.29. The van der Waals surface area contributed by atoms with Crippen molar-refractivity contribution in [3.8, 4) is 0 Å². The van der Waals surface area contributed by atoms with Crippen molar-refractivity contribution < 1.29 is 13.3 Å². The molecule has 5 nitrogen and oxygen atoms in total. The molecule has 0 radical (unpaired) electrons. The zero-order chi connectivity index (χ0) is 12.5. The van der Waals surface area contributed by atoms with Crippen molar-refractivity contribution >= 4 is 25.4 Å². The predicted octanol–water partition coefficient (Wildman–Crippen LogP) is 2.39. The number of hydrogen-bond acceptors (Lipinski definition) is 4. The van der Waals surface area contributed by atoms with E-state index in [2.05, 4.69) is 0 Å². The maximum atomic E-state index is 11.2. The molecule has 0 unspecified atom stereocenters. The molecule has 0 amide bonds. The predicted molar refractivity (Wildman–Crippen MR) is 60.3 cm³/mol. The topological polar surface area (TPSA) is 77.3 Å². The molecule has 0 bridgehead atoms. The summed E-state index contributed by atoms with van der Waals surface area (Å²) in [4.78, 5) is 9.93. The first kappa shape index (κ1) is 12.9. The maximum Gasteiger partial charge on any atom is 0.273 e. The highest BCUT2D eigenvalue weighted by molar-refractivity contribution is 8.13. The number of nitro groups is 1. The summed E-state index contributed by atoms with van der Waals surface area (Å²) in [5, 5.41) is 10.7. The summed E-state index contributed by atoms with van der Waals surface area (Å²) in [6.45, 7) is 3.14. The summed E-state index contributed by atoms with van der Waals surface area (Å²) in [5.41, 5.74) is 0.410. The Hall–Kier alpha value is -1.14. The van der Waals surface area contributed by atoms with Gasteiger partial charge in [0, 0.05) is 22.3 Å². The van der Waals surface area contributed by atoms with E-state index in [4.69, 9.17) is 10.7 Å². The van der Waals surface area contributed by atoms with E-state index in [0.29, 0.717) is 12.0 Å². The van der Waals surface area contributed by atoms with Crippen molar-refractivity contribution in [2.24, 2.45) is 0 Å². The van der Waals surface area contributed by atoms with Gasteiger partial charge in [-0.15, -0.1) is 0 Å². The van der Waals surface area contributed by atoms with Gasteiger partial charge in [-0.05, 0) is 25.0 Å². The summed E-state index contributed by atoms with van der Waals surface area (Å²) >= 11 is 0. The Bertz CT molecular complexity index is 539. The zero-order valence-corrected chi connectivity index (χ0v) is 10.3. The van der Waals surface area contributed by atoms with Gasteiger partial charge in [-0.1, -0.05) is 6.92 Å². The summed E-state index contributed by atoms with van der Waals surface area (Å²) in [6.07, 6.45) is 0.501. The molecule has 0 aliphatic rings. The normalized spacial score (nSPS) is 11.4. The second-order valence-corrected chi connectivity index (χ2v) is 5.82. The minimum absolute atomic E-state index is 0.0669. The zero-order valence-electron chi connectivity index (χ0n) is 8.73. The van der Waals surface area contributed by atoms with Gasteiger partial charge in [0.1, 0.15) is 0 Å². The molecule has 0 atom stereocenters. The largest absolute Gasteiger partial charge is 0.273 e. The van der Waals surface area contributed by atoms with Crippen molar-refractivity contribution in [2.45, 2.75) is 25.2 Å². The highest BCUT2D eigenvalue weighted by Crippen LogP contribution is 2.29. The summed E-state index contributed by atoms with van der Waals surface area (Å²) in [7, 11) is 1.26. The summed E-state index contributed by atoms with van der Waals surface area (Å²) < 4.78 is 22.5. The molecule has 0 saturated heterocycles. The van der Waals surface area contributed by atoms with E-state index in [1.807, 2.05) is 0 Å². The first-order valence-electron chi connectivity index (χ1n) is 4.50. The quantitative estimate of drug-likeness (QED) is 0.477. The van der Waals surface area contributed by atoms with Crippen LogP contribution in [0.5, 0.6) is 0 Å². The highest BCUT2D eigenvalue weighted by Gasteiger charge is 2.22. The van der Waals surface area contributed by atoms with E-state index in [0.717, 1.165) is 0 Å². The van der Waals surface area contributed by atoms with E-state index in [-0.39, 0.29) is 16.1 Å². The molecule has 16 heavy (non-hydrogen) atoms. The van der Waals surface area contributed by atoms with Crippen LogP contribution in [0.15, 0.2) is 17.0 Å². The first-order valence-corrected chi connectivity index (χ1v) is 6.81. The number of benzene rings is 1. The molecular formula is C9H10ClNO4S. The Balaban J connectivity index is 3.63.